The fourth-order valence-corrected chi connectivity index (χ4v) is 0.984. The molecule has 0 aromatic heterocycles. The molecule has 0 bridgehead atoms. The first-order valence-electron chi connectivity index (χ1n) is 4.26. The molecule has 0 heterocycles. The molecule has 1 radical (unpaired) electrons. The van der Waals surface area contributed by atoms with E-state index in [9.17, 15) is 18.0 Å². The van der Waals surface area contributed by atoms with E-state index in [1.165, 1.54) is 0 Å². The van der Waals surface area contributed by atoms with Crippen molar-refractivity contribution in [2.75, 3.05) is 0 Å². The predicted octanol–water partition coefficient (Wildman–Crippen LogP) is 2.06. The maximum Gasteiger partial charge on any atom is 0.397 e. The van der Waals surface area contributed by atoms with Crippen LogP contribution in [-0.4, -0.2) is 12.1 Å². The number of hydrogen-bond acceptors (Lipinski definition) is 1. The molecular weight excluding hydrogens is 207 g/mol. The number of hydrogen-bond donors (Lipinski definition) is 1. The maximum absolute atomic E-state index is 11.8. The van der Waals surface area contributed by atoms with E-state index in [1.54, 1.807) is 24.3 Å². The SMILES string of the molecule is O=C(CC(F)(F)F)NCc1cc[c]cc1. The van der Waals surface area contributed by atoms with Gasteiger partial charge in [-0.05, 0) is 11.6 Å². The molecule has 0 unspecified atom stereocenters. The lowest BCUT2D eigenvalue weighted by molar-refractivity contribution is -0.153. The van der Waals surface area contributed by atoms with Crippen LogP contribution in [0.5, 0.6) is 0 Å². The average Bonchev–Trinajstić information content (AvgIpc) is 2.14. The summed E-state index contributed by atoms with van der Waals surface area (Å²) in [7, 11) is 0. The number of carbonyl (C=O) groups excluding carboxylic acids is 1. The van der Waals surface area contributed by atoms with Gasteiger partial charge in [0.25, 0.3) is 0 Å². The monoisotopic (exact) mass is 216 g/mol. The normalized spacial score (nSPS) is 11.1. The fraction of sp³-hybridized carbons (Fsp3) is 0.300. The van der Waals surface area contributed by atoms with Crippen molar-refractivity contribution >= 4 is 5.91 Å². The molecule has 15 heavy (non-hydrogen) atoms. The van der Waals surface area contributed by atoms with Gasteiger partial charge in [0.05, 0.1) is 0 Å². The van der Waals surface area contributed by atoms with E-state index in [2.05, 4.69) is 11.4 Å². The van der Waals surface area contributed by atoms with Gasteiger partial charge in [-0.3, -0.25) is 4.79 Å². The largest absolute Gasteiger partial charge is 0.397 e. The van der Waals surface area contributed by atoms with E-state index >= 15 is 0 Å². The van der Waals surface area contributed by atoms with Gasteiger partial charge in [0.15, 0.2) is 0 Å². The van der Waals surface area contributed by atoms with Gasteiger partial charge < -0.3 is 5.32 Å². The molecular formula is C10H9F3NO. The van der Waals surface area contributed by atoms with Crippen molar-refractivity contribution < 1.29 is 18.0 Å². The molecule has 0 saturated carbocycles. The molecule has 1 rings (SSSR count). The topological polar surface area (TPSA) is 29.1 Å². The van der Waals surface area contributed by atoms with Gasteiger partial charge in [0, 0.05) is 6.54 Å². The Morgan fingerprint density at radius 1 is 1.33 bits per heavy atom. The summed E-state index contributed by atoms with van der Waals surface area (Å²) in [6, 6.07) is 9.38. The molecule has 1 aromatic carbocycles. The van der Waals surface area contributed by atoms with Crippen LogP contribution in [0.4, 0.5) is 13.2 Å². The van der Waals surface area contributed by atoms with Crippen molar-refractivity contribution in [3.05, 3.63) is 35.9 Å². The fourth-order valence-electron chi connectivity index (χ4n) is 0.984. The van der Waals surface area contributed by atoms with Crippen molar-refractivity contribution in [1.82, 2.24) is 5.32 Å². The molecule has 1 aromatic rings. The number of amides is 1. The van der Waals surface area contributed by atoms with Gasteiger partial charge in [0.2, 0.25) is 5.91 Å². The lowest BCUT2D eigenvalue weighted by Gasteiger charge is -2.07. The quantitative estimate of drug-likeness (QED) is 0.823. The first-order chi connectivity index (χ1) is 6.97. The van der Waals surface area contributed by atoms with Crippen LogP contribution in [0.2, 0.25) is 0 Å². The molecule has 0 fully saturated rings. The lowest BCUT2D eigenvalue weighted by Crippen LogP contribution is -2.28. The van der Waals surface area contributed by atoms with Gasteiger partial charge in [0.1, 0.15) is 6.42 Å². The van der Waals surface area contributed by atoms with Crippen LogP contribution in [0, 0.1) is 6.07 Å². The Bertz CT molecular complexity index is 321. The van der Waals surface area contributed by atoms with Crippen LogP contribution in [-0.2, 0) is 11.3 Å². The van der Waals surface area contributed by atoms with Crippen molar-refractivity contribution in [2.24, 2.45) is 0 Å². The highest BCUT2D eigenvalue weighted by Gasteiger charge is 2.30. The Kier molecular flexibility index (Phi) is 3.71. The molecule has 1 N–H and O–H groups in total. The molecule has 0 aliphatic carbocycles. The van der Waals surface area contributed by atoms with Crippen molar-refractivity contribution in [2.45, 2.75) is 19.1 Å². The van der Waals surface area contributed by atoms with Crippen LogP contribution in [0.15, 0.2) is 24.3 Å². The highest BCUT2D eigenvalue weighted by molar-refractivity contribution is 5.76. The standard InChI is InChI=1S/C10H9F3NO/c11-10(12,13)6-9(15)14-7-8-4-2-1-3-5-8/h2-5H,6-7H2,(H,14,15). The number of rotatable bonds is 3. The predicted molar refractivity (Wildman–Crippen MR) is 47.8 cm³/mol. The third-order valence-electron chi connectivity index (χ3n) is 1.64. The van der Waals surface area contributed by atoms with E-state index < -0.39 is 18.5 Å². The second-order valence-corrected chi connectivity index (χ2v) is 2.98. The first-order valence-corrected chi connectivity index (χ1v) is 4.26. The van der Waals surface area contributed by atoms with E-state index in [0.29, 0.717) is 0 Å². The molecule has 2 nitrogen and oxygen atoms in total. The summed E-state index contributed by atoms with van der Waals surface area (Å²) in [4.78, 5) is 10.8. The van der Waals surface area contributed by atoms with E-state index in [0.717, 1.165) is 5.56 Å². The van der Waals surface area contributed by atoms with Gasteiger partial charge in [-0.2, -0.15) is 13.2 Å². The van der Waals surface area contributed by atoms with Crippen molar-refractivity contribution in [1.29, 1.82) is 0 Å². The van der Waals surface area contributed by atoms with Crippen LogP contribution in [0.25, 0.3) is 0 Å². The van der Waals surface area contributed by atoms with Crippen molar-refractivity contribution in [3.63, 3.8) is 0 Å². The highest BCUT2D eigenvalue weighted by Crippen LogP contribution is 2.18. The molecule has 1 amide bonds. The third-order valence-corrected chi connectivity index (χ3v) is 1.64. The second-order valence-electron chi connectivity index (χ2n) is 2.98. The first kappa shape index (κ1) is 11.6. The van der Waals surface area contributed by atoms with E-state index in [-0.39, 0.29) is 6.54 Å². The Labute approximate surface area is 85.1 Å². The Morgan fingerprint density at radius 3 is 2.47 bits per heavy atom. The highest BCUT2D eigenvalue weighted by atomic mass is 19.4. The zero-order valence-corrected chi connectivity index (χ0v) is 7.77. The summed E-state index contributed by atoms with van der Waals surface area (Å²) in [5.41, 5.74) is 0.740. The lowest BCUT2D eigenvalue weighted by atomic mass is 10.2. The van der Waals surface area contributed by atoms with Crippen LogP contribution < -0.4 is 5.32 Å². The van der Waals surface area contributed by atoms with Gasteiger partial charge in [-0.15, -0.1) is 0 Å². The zero-order valence-electron chi connectivity index (χ0n) is 7.77. The third kappa shape index (κ3) is 5.05. The molecule has 0 saturated heterocycles. The number of benzene rings is 1. The summed E-state index contributed by atoms with van der Waals surface area (Å²) >= 11 is 0. The van der Waals surface area contributed by atoms with Crippen LogP contribution >= 0.6 is 0 Å². The molecule has 0 spiro atoms. The zero-order chi connectivity index (χ0) is 11.3. The minimum Gasteiger partial charge on any atom is -0.352 e. The minimum atomic E-state index is -4.45. The smallest absolute Gasteiger partial charge is 0.352 e. The molecule has 0 aliphatic rings. The van der Waals surface area contributed by atoms with Gasteiger partial charge >= 0.3 is 6.18 Å². The number of alkyl halides is 3. The van der Waals surface area contributed by atoms with Crippen LogP contribution in [0.1, 0.15) is 12.0 Å². The molecule has 81 valence electrons. The van der Waals surface area contributed by atoms with E-state index in [4.69, 9.17) is 0 Å². The van der Waals surface area contributed by atoms with E-state index in [1.807, 2.05) is 0 Å². The van der Waals surface area contributed by atoms with Gasteiger partial charge in [-0.1, -0.05) is 24.3 Å². The molecule has 0 atom stereocenters. The number of carbonyl (C=O) groups is 1. The average molecular weight is 216 g/mol. The number of nitrogens with one attached hydrogen (secondary N) is 1. The Hall–Kier alpha value is -1.52. The van der Waals surface area contributed by atoms with Crippen molar-refractivity contribution in [3.8, 4) is 0 Å². The van der Waals surface area contributed by atoms with Crippen LogP contribution in [0.3, 0.4) is 0 Å². The summed E-state index contributed by atoms with van der Waals surface area (Å²) in [5, 5.41) is 2.18. The molecule has 5 heteroatoms. The summed E-state index contributed by atoms with van der Waals surface area (Å²) in [5.74, 6) is -1.02. The minimum absolute atomic E-state index is 0.101. The summed E-state index contributed by atoms with van der Waals surface area (Å²) in [6.07, 6.45) is -5.89. The Balaban J connectivity index is 2.35. The molecule has 0 aliphatic heterocycles. The number of halogens is 3. The Morgan fingerprint density at radius 2 is 1.93 bits per heavy atom. The second kappa shape index (κ2) is 4.82. The summed E-state index contributed by atoms with van der Waals surface area (Å²) in [6.45, 7) is 0.101. The summed E-state index contributed by atoms with van der Waals surface area (Å²) < 4.78 is 35.3. The van der Waals surface area contributed by atoms with Gasteiger partial charge in [-0.25, -0.2) is 0 Å². The maximum atomic E-state index is 11.8.